The summed E-state index contributed by atoms with van der Waals surface area (Å²) in [4.78, 5) is 11.6. The lowest BCUT2D eigenvalue weighted by atomic mass is 10.0. The molecular formula is C13H14O. The molecule has 1 heteroatoms. The minimum Gasteiger partial charge on any atom is -0.294 e. The van der Waals surface area contributed by atoms with Gasteiger partial charge >= 0.3 is 0 Å². The van der Waals surface area contributed by atoms with Crippen LogP contribution >= 0.6 is 0 Å². The third-order valence-electron chi connectivity index (χ3n) is 2.56. The lowest BCUT2D eigenvalue weighted by molar-refractivity contribution is -0.116. The molecule has 0 N–H and O–H groups in total. The molecule has 0 amide bonds. The lowest BCUT2D eigenvalue weighted by Crippen LogP contribution is -2.05. The normalized spacial score (nSPS) is 15.1. The SMILES string of the molecule is C=C(Cc1ccccc1)C(=O)C1CC1. The highest BCUT2D eigenvalue weighted by Gasteiger charge is 2.30. The minimum atomic E-state index is 0.272. The molecule has 72 valence electrons. The summed E-state index contributed by atoms with van der Waals surface area (Å²) in [6.45, 7) is 3.86. The minimum absolute atomic E-state index is 0.272. The van der Waals surface area contributed by atoms with Gasteiger partial charge in [0.05, 0.1) is 0 Å². The molecule has 1 fully saturated rings. The Morgan fingerprint density at radius 2 is 1.93 bits per heavy atom. The highest BCUT2D eigenvalue weighted by atomic mass is 16.1. The molecular weight excluding hydrogens is 172 g/mol. The second-order valence-electron chi connectivity index (χ2n) is 3.90. The molecule has 0 bridgehead atoms. The maximum Gasteiger partial charge on any atom is 0.161 e. The third-order valence-corrected chi connectivity index (χ3v) is 2.56. The Hall–Kier alpha value is -1.37. The van der Waals surface area contributed by atoms with Crippen molar-refractivity contribution in [1.29, 1.82) is 0 Å². The smallest absolute Gasteiger partial charge is 0.161 e. The van der Waals surface area contributed by atoms with Crippen LogP contribution in [0.5, 0.6) is 0 Å². The van der Waals surface area contributed by atoms with Gasteiger partial charge in [0.25, 0.3) is 0 Å². The van der Waals surface area contributed by atoms with Crippen LogP contribution in [0.3, 0.4) is 0 Å². The summed E-state index contributed by atoms with van der Waals surface area (Å²) in [5.74, 6) is 0.570. The van der Waals surface area contributed by atoms with Gasteiger partial charge in [0, 0.05) is 12.3 Å². The van der Waals surface area contributed by atoms with Crippen molar-refractivity contribution in [3.05, 3.63) is 48.0 Å². The van der Waals surface area contributed by atoms with Crippen molar-refractivity contribution in [3.63, 3.8) is 0 Å². The molecule has 1 aromatic rings. The van der Waals surface area contributed by atoms with Gasteiger partial charge in [-0.3, -0.25) is 4.79 Å². The van der Waals surface area contributed by atoms with Gasteiger partial charge in [0.2, 0.25) is 0 Å². The first-order valence-corrected chi connectivity index (χ1v) is 5.03. The fraction of sp³-hybridized carbons (Fsp3) is 0.308. The Balaban J connectivity index is 1.97. The van der Waals surface area contributed by atoms with Crippen LogP contribution in [0.15, 0.2) is 42.5 Å². The van der Waals surface area contributed by atoms with Gasteiger partial charge in [-0.2, -0.15) is 0 Å². The predicted molar refractivity (Wildman–Crippen MR) is 57.0 cm³/mol. The Labute approximate surface area is 84.5 Å². The van der Waals surface area contributed by atoms with Crippen molar-refractivity contribution >= 4 is 5.78 Å². The Bertz CT molecular complexity index is 347. The van der Waals surface area contributed by atoms with E-state index in [0.717, 1.165) is 18.4 Å². The van der Waals surface area contributed by atoms with Crippen LogP contribution in [0.1, 0.15) is 18.4 Å². The summed E-state index contributed by atoms with van der Waals surface area (Å²) in [7, 11) is 0. The second-order valence-corrected chi connectivity index (χ2v) is 3.90. The number of rotatable bonds is 4. The van der Waals surface area contributed by atoms with Crippen LogP contribution in [0.2, 0.25) is 0 Å². The van der Waals surface area contributed by atoms with Crippen molar-refractivity contribution in [2.24, 2.45) is 5.92 Å². The molecule has 0 aliphatic heterocycles. The van der Waals surface area contributed by atoms with Crippen molar-refractivity contribution in [2.75, 3.05) is 0 Å². The van der Waals surface area contributed by atoms with Crippen LogP contribution in [-0.4, -0.2) is 5.78 Å². The van der Waals surface area contributed by atoms with E-state index in [9.17, 15) is 4.79 Å². The van der Waals surface area contributed by atoms with E-state index in [1.54, 1.807) is 0 Å². The Morgan fingerprint density at radius 1 is 1.29 bits per heavy atom. The molecule has 1 aliphatic carbocycles. The molecule has 1 nitrogen and oxygen atoms in total. The summed E-state index contributed by atoms with van der Waals surface area (Å²) in [5.41, 5.74) is 1.94. The average molecular weight is 186 g/mol. The molecule has 0 aromatic heterocycles. The largest absolute Gasteiger partial charge is 0.294 e. The monoisotopic (exact) mass is 186 g/mol. The number of Topliss-reactive ketones (excluding diaryl/α,β-unsaturated/α-hetero) is 1. The van der Waals surface area contributed by atoms with Crippen LogP contribution in [0, 0.1) is 5.92 Å². The summed E-state index contributed by atoms with van der Waals surface area (Å²) >= 11 is 0. The molecule has 0 spiro atoms. The van der Waals surface area contributed by atoms with Crippen molar-refractivity contribution < 1.29 is 4.79 Å². The molecule has 1 saturated carbocycles. The standard InChI is InChI=1S/C13H14O/c1-10(13(14)12-7-8-12)9-11-5-3-2-4-6-11/h2-6,12H,1,7-9H2. The average Bonchev–Trinajstić information content (AvgIpc) is 3.01. The zero-order valence-electron chi connectivity index (χ0n) is 8.20. The van der Waals surface area contributed by atoms with E-state index in [1.165, 1.54) is 5.56 Å². The molecule has 14 heavy (non-hydrogen) atoms. The van der Waals surface area contributed by atoms with Crippen LogP contribution in [0.25, 0.3) is 0 Å². The number of ketones is 1. The fourth-order valence-electron chi connectivity index (χ4n) is 1.56. The number of hydrogen-bond donors (Lipinski definition) is 0. The van der Waals surface area contributed by atoms with E-state index in [1.807, 2.05) is 30.3 Å². The lowest BCUT2D eigenvalue weighted by Gasteiger charge is -2.03. The highest BCUT2D eigenvalue weighted by molar-refractivity contribution is 5.98. The fourth-order valence-corrected chi connectivity index (χ4v) is 1.56. The summed E-state index contributed by atoms with van der Waals surface area (Å²) in [6, 6.07) is 10.0. The maximum absolute atomic E-state index is 11.6. The van der Waals surface area contributed by atoms with Crippen molar-refractivity contribution in [1.82, 2.24) is 0 Å². The van der Waals surface area contributed by atoms with Crippen LogP contribution < -0.4 is 0 Å². The van der Waals surface area contributed by atoms with E-state index in [2.05, 4.69) is 6.58 Å². The Morgan fingerprint density at radius 3 is 2.50 bits per heavy atom. The number of allylic oxidation sites excluding steroid dienone is 1. The first-order chi connectivity index (χ1) is 6.77. The number of carbonyl (C=O) groups is 1. The zero-order chi connectivity index (χ0) is 9.97. The van der Waals surface area contributed by atoms with Gasteiger partial charge in [-0.25, -0.2) is 0 Å². The zero-order valence-corrected chi connectivity index (χ0v) is 8.20. The first kappa shape index (κ1) is 9.20. The van der Waals surface area contributed by atoms with Gasteiger partial charge in [-0.05, 0) is 24.0 Å². The Kier molecular flexibility index (Phi) is 2.49. The number of carbonyl (C=O) groups excluding carboxylic acids is 1. The van der Waals surface area contributed by atoms with Crippen LogP contribution in [0.4, 0.5) is 0 Å². The highest BCUT2D eigenvalue weighted by Crippen LogP contribution is 2.32. The van der Waals surface area contributed by atoms with Crippen LogP contribution in [-0.2, 0) is 11.2 Å². The van der Waals surface area contributed by atoms with Crippen molar-refractivity contribution in [2.45, 2.75) is 19.3 Å². The van der Waals surface area contributed by atoms with E-state index < -0.39 is 0 Å². The van der Waals surface area contributed by atoms with Gasteiger partial charge in [0.1, 0.15) is 0 Å². The topological polar surface area (TPSA) is 17.1 Å². The van der Waals surface area contributed by atoms with E-state index in [0.29, 0.717) is 12.3 Å². The summed E-state index contributed by atoms with van der Waals surface area (Å²) in [6.07, 6.45) is 2.83. The molecule has 0 saturated heterocycles. The van der Waals surface area contributed by atoms with E-state index >= 15 is 0 Å². The summed E-state index contributed by atoms with van der Waals surface area (Å²) < 4.78 is 0. The molecule has 2 rings (SSSR count). The molecule has 0 atom stereocenters. The molecule has 0 heterocycles. The van der Waals surface area contributed by atoms with Gasteiger partial charge < -0.3 is 0 Å². The molecule has 0 unspecified atom stereocenters. The second kappa shape index (κ2) is 3.79. The quantitative estimate of drug-likeness (QED) is 0.661. The molecule has 1 aliphatic rings. The summed E-state index contributed by atoms with van der Waals surface area (Å²) in [5, 5.41) is 0. The van der Waals surface area contributed by atoms with Gasteiger partial charge in [0.15, 0.2) is 5.78 Å². The maximum atomic E-state index is 11.6. The van der Waals surface area contributed by atoms with E-state index in [-0.39, 0.29) is 5.78 Å². The van der Waals surface area contributed by atoms with Crippen molar-refractivity contribution in [3.8, 4) is 0 Å². The third kappa shape index (κ3) is 2.11. The number of hydrogen-bond acceptors (Lipinski definition) is 1. The first-order valence-electron chi connectivity index (χ1n) is 5.03. The predicted octanol–water partition coefficient (Wildman–Crippen LogP) is 2.76. The molecule has 1 aromatic carbocycles. The molecule has 0 radical (unpaired) electrons. The van der Waals surface area contributed by atoms with E-state index in [4.69, 9.17) is 0 Å². The number of benzene rings is 1. The van der Waals surface area contributed by atoms with Gasteiger partial charge in [-0.1, -0.05) is 36.9 Å². The van der Waals surface area contributed by atoms with Gasteiger partial charge in [-0.15, -0.1) is 0 Å².